The van der Waals surface area contributed by atoms with Crippen molar-refractivity contribution in [2.75, 3.05) is 9.80 Å². The molecule has 286 valence electrons. The Morgan fingerprint density at radius 3 is 1.48 bits per heavy atom. The molecule has 0 saturated heterocycles. The quantitative estimate of drug-likeness (QED) is 0.159. The van der Waals surface area contributed by atoms with E-state index in [1.807, 2.05) is 0 Å². The smallest absolute Gasteiger partial charge is 0.0732 e. The monoisotopic (exact) mass is 776 g/mol. The average Bonchev–Trinajstić information content (AvgIpc) is 3.80. The molecule has 2 aliphatic rings. The van der Waals surface area contributed by atoms with Gasteiger partial charge in [-0.3, -0.25) is 0 Å². The Balaban J connectivity index is 1.14. The van der Waals surface area contributed by atoms with Crippen molar-refractivity contribution >= 4 is 44.9 Å². The minimum atomic E-state index is -0.515. The summed E-state index contributed by atoms with van der Waals surface area (Å²) in [6.45, 7) is 0. The molecule has 0 saturated carbocycles. The molecule has 1 unspecified atom stereocenters. The molecule has 0 bridgehead atoms. The number of benzene rings is 10. The molecule has 1 atom stereocenters. The summed E-state index contributed by atoms with van der Waals surface area (Å²) in [6, 6.07) is 89.0. The van der Waals surface area contributed by atoms with E-state index in [-0.39, 0.29) is 0 Å². The van der Waals surface area contributed by atoms with Crippen LogP contribution in [0.15, 0.2) is 243 Å². The highest BCUT2D eigenvalue weighted by Gasteiger charge is 2.52. The van der Waals surface area contributed by atoms with E-state index in [0.29, 0.717) is 0 Å². The molecule has 0 radical (unpaired) electrons. The molecule has 1 spiro atoms. The van der Waals surface area contributed by atoms with E-state index in [4.69, 9.17) is 0 Å². The Bertz CT molecular complexity index is 3210. The van der Waals surface area contributed by atoms with Crippen LogP contribution in [-0.2, 0) is 5.41 Å². The van der Waals surface area contributed by atoms with Gasteiger partial charge in [0.15, 0.2) is 0 Å². The lowest BCUT2D eigenvalue weighted by Crippen LogP contribution is -2.26. The molecular weight excluding hydrogens is 737 g/mol. The lowest BCUT2D eigenvalue weighted by Gasteiger charge is -2.34. The van der Waals surface area contributed by atoms with Gasteiger partial charge in [0, 0.05) is 34.0 Å². The van der Waals surface area contributed by atoms with Gasteiger partial charge in [0.2, 0.25) is 0 Å². The second kappa shape index (κ2) is 14.1. The average molecular weight is 777 g/mol. The van der Waals surface area contributed by atoms with Crippen LogP contribution in [0.3, 0.4) is 0 Å². The van der Waals surface area contributed by atoms with Gasteiger partial charge in [0.05, 0.1) is 11.1 Å². The fraction of sp³-hybridized carbons (Fsp3) is 0.0169. The van der Waals surface area contributed by atoms with Gasteiger partial charge in [-0.15, -0.1) is 0 Å². The van der Waals surface area contributed by atoms with Crippen molar-refractivity contribution in [2.45, 2.75) is 5.41 Å². The second-order valence-corrected chi connectivity index (χ2v) is 16.0. The lowest BCUT2D eigenvalue weighted by atomic mass is 9.69. The highest BCUT2D eigenvalue weighted by atomic mass is 15.2. The minimum Gasteiger partial charge on any atom is -0.310 e. The topological polar surface area (TPSA) is 6.48 Å². The largest absolute Gasteiger partial charge is 0.310 e. The Hall–Kier alpha value is -7.94. The van der Waals surface area contributed by atoms with Gasteiger partial charge in [-0.2, -0.15) is 0 Å². The third-order valence-corrected chi connectivity index (χ3v) is 12.8. The zero-order valence-corrected chi connectivity index (χ0v) is 33.5. The molecule has 0 aromatic heterocycles. The van der Waals surface area contributed by atoms with E-state index < -0.39 is 5.41 Å². The summed E-state index contributed by atoms with van der Waals surface area (Å²) in [6.07, 6.45) is 0. The Morgan fingerprint density at radius 1 is 0.279 bits per heavy atom. The van der Waals surface area contributed by atoms with Gasteiger partial charge >= 0.3 is 0 Å². The molecule has 0 N–H and O–H groups in total. The molecule has 0 fully saturated rings. The van der Waals surface area contributed by atoms with Crippen LogP contribution >= 0.6 is 0 Å². The molecular formula is C59H40N2. The fourth-order valence-corrected chi connectivity index (χ4v) is 10.4. The van der Waals surface area contributed by atoms with Gasteiger partial charge in [-0.25, -0.2) is 0 Å². The molecule has 10 aromatic rings. The number of nitrogens with zero attached hydrogens (tertiary/aromatic N) is 2. The molecule has 0 amide bonds. The van der Waals surface area contributed by atoms with Gasteiger partial charge in [0.1, 0.15) is 0 Å². The minimum absolute atomic E-state index is 0.515. The number of hydrogen-bond acceptors (Lipinski definition) is 2. The maximum atomic E-state index is 2.50. The zero-order chi connectivity index (χ0) is 40.3. The van der Waals surface area contributed by atoms with Crippen LogP contribution in [0, 0.1) is 0 Å². The van der Waals surface area contributed by atoms with Crippen molar-refractivity contribution in [1.82, 2.24) is 0 Å². The number of hydrogen-bond donors (Lipinski definition) is 0. The molecule has 61 heavy (non-hydrogen) atoms. The SMILES string of the molecule is c1ccc(-c2ccccc2N(c2cccc(N(c3ccccc3)c3ccccc3)c2)c2ccc3c(c2)C2(c4ccccc4-3)c3ccccc3-c3ccc4ccccc4c32)cc1. The summed E-state index contributed by atoms with van der Waals surface area (Å²) in [4.78, 5) is 4.82. The first kappa shape index (κ1) is 35.0. The third-order valence-electron chi connectivity index (χ3n) is 12.8. The number of anilines is 6. The van der Waals surface area contributed by atoms with Crippen molar-refractivity contribution < 1.29 is 0 Å². The van der Waals surface area contributed by atoms with E-state index in [0.717, 1.165) is 39.7 Å². The Morgan fingerprint density at radius 2 is 0.770 bits per heavy atom. The predicted octanol–water partition coefficient (Wildman–Crippen LogP) is 15.8. The van der Waals surface area contributed by atoms with Crippen molar-refractivity contribution in [3.8, 4) is 33.4 Å². The molecule has 10 aromatic carbocycles. The first-order chi connectivity index (χ1) is 30.3. The summed E-state index contributed by atoms with van der Waals surface area (Å²) in [5, 5.41) is 2.55. The van der Waals surface area contributed by atoms with Gasteiger partial charge in [-0.1, -0.05) is 182 Å². The molecule has 0 aliphatic heterocycles. The first-order valence-electron chi connectivity index (χ1n) is 21.1. The van der Waals surface area contributed by atoms with E-state index in [1.54, 1.807) is 0 Å². The van der Waals surface area contributed by atoms with E-state index >= 15 is 0 Å². The summed E-state index contributed by atoms with van der Waals surface area (Å²) >= 11 is 0. The van der Waals surface area contributed by atoms with Crippen molar-refractivity contribution in [2.24, 2.45) is 0 Å². The standard InChI is InChI=1S/C59H40N2/c1-4-19-41(20-5-1)48-28-14-17-34-57(48)61(46-27-18-26-45(39-46)60(43-22-6-2-7-23-43)44-24-8-3-9-25-44)47-36-38-52-50-30-12-15-32-54(50)59(56(52)40-47)55-33-16-13-31-51(55)53-37-35-42-21-10-11-29-49(42)58(53)59/h1-40H. The van der Waals surface area contributed by atoms with Crippen LogP contribution in [0.4, 0.5) is 34.1 Å². The highest BCUT2D eigenvalue weighted by Crippen LogP contribution is 2.64. The number of rotatable bonds is 7. The van der Waals surface area contributed by atoms with Crippen molar-refractivity contribution in [1.29, 1.82) is 0 Å². The normalized spacial score (nSPS) is 14.3. The van der Waals surface area contributed by atoms with Gasteiger partial charge in [-0.05, 0) is 122 Å². The van der Waals surface area contributed by atoms with Crippen LogP contribution in [0.25, 0.3) is 44.2 Å². The van der Waals surface area contributed by atoms with Crippen LogP contribution in [-0.4, -0.2) is 0 Å². The van der Waals surface area contributed by atoms with E-state index in [2.05, 4.69) is 252 Å². The van der Waals surface area contributed by atoms with Crippen molar-refractivity contribution in [3.63, 3.8) is 0 Å². The molecule has 12 rings (SSSR count). The highest BCUT2D eigenvalue weighted by molar-refractivity contribution is 6.04. The maximum absolute atomic E-state index is 2.50. The lowest BCUT2D eigenvalue weighted by molar-refractivity contribution is 0.801. The zero-order valence-electron chi connectivity index (χ0n) is 33.5. The summed E-state index contributed by atoms with van der Waals surface area (Å²) < 4.78 is 0. The van der Waals surface area contributed by atoms with Crippen LogP contribution < -0.4 is 9.80 Å². The second-order valence-electron chi connectivity index (χ2n) is 16.0. The number of para-hydroxylation sites is 3. The van der Waals surface area contributed by atoms with Gasteiger partial charge < -0.3 is 9.80 Å². The molecule has 2 aliphatic carbocycles. The van der Waals surface area contributed by atoms with Crippen LogP contribution in [0.1, 0.15) is 22.3 Å². The van der Waals surface area contributed by atoms with Crippen LogP contribution in [0.5, 0.6) is 0 Å². The first-order valence-corrected chi connectivity index (χ1v) is 21.1. The van der Waals surface area contributed by atoms with Crippen molar-refractivity contribution in [3.05, 3.63) is 265 Å². The Labute approximate surface area is 356 Å². The Kier molecular flexibility index (Phi) is 8.11. The fourth-order valence-electron chi connectivity index (χ4n) is 10.4. The summed E-state index contributed by atoms with van der Waals surface area (Å²) in [7, 11) is 0. The number of fused-ring (bicyclic) bond motifs is 12. The summed E-state index contributed by atoms with van der Waals surface area (Å²) in [5.41, 5.74) is 18.9. The van der Waals surface area contributed by atoms with E-state index in [9.17, 15) is 0 Å². The predicted molar refractivity (Wildman–Crippen MR) is 255 cm³/mol. The third kappa shape index (κ3) is 5.36. The summed E-state index contributed by atoms with van der Waals surface area (Å²) in [5.74, 6) is 0. The maximum Gasteiger partial charge on any atom is 0.0732 e. The molecule has 2 heteroatoms. The molecule has 2 nitrogen and oxygen atoms in total. The molecule has 0 heterocycles. The van der Waals surface area contributed by atoms with Crippen LogP contribution in [0.2, 0.25) is 0 Å². The van der Waals surface area contributed by atoms with Gasteiger partial charge in [0.25, 0.3) is 0 Å². The van der Waals surface area contributed by atoms with E-state index in [1.165, 1.54) is 60.8 Å².